The van der Waals surface area contributed by atoms with E-state index in [2.05, 4.69) is 96.3 Å². The van der Waals surface area contributed by atoms with E-state index in [0.717, 1.165) is 25.4 Å². The van der Waals surface area contributed by atoms with Crippen LogP contribution < -0.4 is 21.2 Å². The first-order valence-corrected chi connectivity index (χ1v) is 16.1. The van der Waals surface area contributed by atoms with Gasteiger partial charge in [-0.3, -0.25) is 4.79 Å². The van der Waals surface area contributed by atoms with Crippen LogP contribution in [0.25, 0.3) is 6.08 Å². The van der Waals surface area contributed by atoms with Crippen LogP contribution in [0.2, 0.25) is 0 Å². The summed E-state index contributed by atoms with van der Waals surface area (Å²) < 4.78 is 0. The lowest BCUT2D eigenvalue weighted by Crippen LogP contribution is -2.33. The van der Waals surface area contributed by atoms with E-state index in [1.54, 1.807) is 12.1 Å². The summed E-state index contributed by atoms with van der Waals surface area (Å²) >= 11 is 0. The van der Waals surface area contributed by atoms with Gasteiger partial charge >= 0.3 is 0 Å². The lowest BCUT2D eigenvalue weighted by atomic mass is 10.1. The van der Waals surface area contributed by atoms with E-state index in [1.165, 1.54) is 53.4 Å². The fourth-order valence-corrected chi connectivity index (χ4v) is 9.56. The molecule has 0 fully saturated rings. The molecule has 4 nitrogen and oxygen atoms in total. The first-order chi connectivity index (χ1) is 19.6. The Labute approximate surface area is 238 Å². The maximum absolute atomic E-state index is 12.1. The van der Waals surface area contributed by atoms with Crippen molar-refractivity contribution < 1.29 is 15.0 Å². The van der Waals surface area contributed by atoms with E-state index in [1.807, 2.05) is 0 Å². The molecule has 0 aliphatic carbocycles. The van der Waals surface area contributed by atoms with E-state index in [0.29, 0.717) is 12.1 Å². The number of carbonyl (C=O) groups excluding carboxylic acids is 1. The lowest BCUT2D eigenvalue weighted by Gasteiger charge is -2.27. The summed E-state index contributed by atoms with van der Waals surface area (Å²) in [6.07, 6.45) is 11.0. The molecular weight excluding hydrogens is 513 g/mol. The SMILES string of the molecule is O=C(C=Cc1ccc(O)c(O)c1)NCCCCCCCC[P+](c1ccccc1)(c1ccccc1)c1ccccc1. The minimum absolute atomic E-state index is 0.157. The van der Waals surface area contributed by atoms with Gasteiger partial charge in [0.25, 0.3) is 0 Å². The van der Waals surface area contributed by atoms with Crippen LogP contribution in [-0.4, -0.2) is 28.8 Å². The van der Waals surface area contributed by atoms with Crippen molar-refractivity contribution in [1.82, 2.24) is 5.32 Å². The number of phenolic OH excluding ortho intramolecular Hbond substituents is 2. The zero-order valence-electron chi connectivity index (χ0n) is 23.0. The highest BCUT2D eigenvalue weighted by molar-refractivity contribution is 7.95. The highest BCUT2D eigenvalue weighted by Crippen LogP contribution is 2.56. The maximum atomic E-state index is 12.1. The minimum atomic E-state index is -1.75. The third kappa shape index (κ3) is 7.83. The molecule has 0 spiro atoms. The van der Waals surface area contributed by atoms with Gasteiger partial charge in [0.1, 0.15) is 23.2 Å². The molecule has 0 radical (unpaired) electrons. The second-order valence-corrected chi connectivity index (χ2v) is 13.6. The molecule has 206 valence electrons. The summed E-state index contributed by atoms with van der Waals surface area (Å²) in [5, 5.41) is 26.2. The molecule has 0 heterocycles. The highest BCUT2D eigenvalue weighted by atomic mass is 31.2. The van der Waals surface area contributed by atoms with Crippen molar-refractivity contribution in [3.8, 4) is 11.5 Å². The number of benzene rings is 4. The standard InChI is InChI=1S/C35H38NO3P/c37-33-24-22-29(28-34(33)38)23-25-35(39)36-26-14-3-1-2-4-15-27-40(30-16-8-5-9-17-30,31-18-10-6-11-19-31)32-20-12-7-13-21-32/h5-13,16-25,28H,1-4,14-15,26-27H2,(H2-,36,37,38,39)/p+1. The van der Waals surface area contributed by atoms with Gasteiger partial charge in [0.2, 0.25) is 5.91 Å². The van der Waals surface area contributed by atoms with Crippen molar-refractivity contribution in [3.05, 3.63) is 121 Å². The normalized spacial score (nSPS) is 11.5. The van der Waals surface area contributed by atoms with Crippen LogP contribution in [0.15, 0.2) is 115 Å². The van der Waals surface area contributed by atoms with Crippen molar-refractivity contribution in [2.45, 2.75) is 38.5 Å². The monoisotopic (exact) mass is 552 g/mol. The minimum Gasteiger partial charge on any atom is -0.504 e. The van der Waals surface area contributed by atoms with E-state index in [4.69, 9.17) is 0 Å². The van der Waals surface area contributed by atoms with Gasteiger partial charge in [-0.2, -0.15) is 0 Å². The molecule has 0 unspecified atom stereocenters. The van der Waals surface area contributed by atoms with Gasteiger partial charge in [-0.1, -0.05) is 79.9 Å². The molecule has 4 aromatic carbocycles. The molecule has 0 saturated carbocycles. The van der Waals surface area contributed by atoms with Crippen LogP contribution >= 0.6 is 7.26 Å². The Kier molecular flexibility index (Phi) is 11.0. The van der Waals surface area contributed by atoms with Crippen LogP contribution in [0.3, 0.4) is 0 Å². The van der Waals surface area contributed by atoms with E-state index < -0.39 is 7.26 Å². The fourth-order valence-electron chi connectivity index (χ4n) is 5.15. The zero-order chi connectivity index (χ0) is 28.0. The molecule has 40 heavy (non-hydrogen) atoms. The molecule has 4 aromatic rings. The van der Waals surface area contributed by atoms with Crippen LogP contribution in [0.5, 0.6) is 11.5 Å². The van der Waals surface area contributed by atoms with Crippen molar-refractivity contribution in [1.29, 1.82) is 0 Å². The summed E-state index contributed by atoms with van der Waals surface area (Å²) in [6.45, 7) is 0.647. The average molecular weight is 553 g/mol. The Morgan fingerprint density at radius 1 is 0.625 bits per heavy atom. The molecular formula is C35H39NO3P+. The third-order valence-electron chi connectivity index (χ3n) is 7.24. The Balaban J connectivity index is 1.25. The smallest absolute Gasteiger partial charge is 0.243 e. The molecule has 3 N–H and O–H groups in total. The van der Waals surface area contributed by atoms with E-state index in [-0.39, 0.29) is 17.4 Å². The van der Waals surface area contributed by atoms with E-state index in [9.17, 15) is 15.0 Å². The van der Waals surface area contributed by atoms with Gasteiger partial charge in [0, 0.05) is 12.6 Å². The molecule has 0 saturated heterocycles. The van der Waals surface area contributed by atoms with Crippen LogP contribution in [0.1, 0.15) is 44.1 Å². The molecule has 0 aromatic heterocycles. The Morgan fingerprint density at radius 3 is 1.65 bits per heavy atom. The number of aromatic hydroxyl groups is 2. The topological polar surface area (TPSA) is 69.6 Å². The van der Waals surface area contributed by atoms with Gasteiger partial charge in [0.05, 0.1) is 6.16 Å². The number of rotatable bonds is 14. The number of nitrogens with one attached hydrogen (secondary N) is 1. The summed E-state index contributed by atoms with van der Waals surface area (Å²) in [4.78, 5) is 12.1. The summed E-state index contributed by atoms with van der Waals surface area (Å²) in [6, 6.07) is 37.7. The first-order valence-electron chi connectivity index (χ1n) is 14.1. The number of phenols is 2. The Bertz CT molecular complexity index is 1260. The predicted molar refractivity (Wildman–Crippen MR) is 170 cm³/mol. The number of hydrogen-bond acceptors (Lipinski definition) is 3. The molecule has 0 atom stereocenters. The number of amides is 1. The largest absolute Gasteiger partial charge is 0.504 e. The second-order valence-electron chi connectivity index (χ2n) is 10.0. The predicted octanol–water partition coefficient (Wildman–Crippen LogP) is 6.56. The van der Waals surface area contributed by atoms with Gasteiger partial charge < -0.3 is 15.5 Å². The quantitative estimate of drug-likeness (QED) is 0.0718. The van der Waals surface area contributed by atoms with Crippen LogP contribution in [-0.2, 0) is 4.79 Å². The number of unbranched alkanes of at least 4 members (excludes halogenated alkanes) is 5. The maximum Gasteiger partial charge on any atom is 0.243 e. The number of hydrogen-bond donors (Lipinski definition) is 3. The zero-order valence-corrected chi connectivity index (χ0v) is 23.8. The fraction of sp³-hybridized carbons (Fsp3) is 0.229. The summed E-state index contributed by atoms with van der Waals surface area (Å²) in [7, 11) is -1.75. The highest BCUT2D eigenvalue weighted by Gasteiger charge is 2.44. The molecule has 0 aliphatic heterocycles. The van der Waals surface area contributed by atoms with Crippen molar-refractivity contribution in [3.63, 3.8) is 0 Å². The molecule has 0 bridgehead atoms. The van der Waals surface area contributed by atoms with Crippen LogP contribution in [0.4, 0.5) is 0 Å². The molecule has 1 amide bonds. The Morgan fingerprint density at radius 2 is 1.12 bits per heavy atom. The van der Waals surface area contributed by atoms with Crippen molar-refractivity contribution in [2.24, 2.45) is 0 Å². The molecule has 0 aliphatic rings. The summed E-state index contributed by atoms with van der Waals surface area (Å²) in [5.74, 6) is -0.530. The first kappa shape index (κ1) is 29.1. The average Bonchev–Trinajstić information content (AvgIpc) is 3.00. The molecule has 5 heteroatoms. The third-order valence-corrected chi connectivity index (χ3v) is 11.8. The molecule has 4 rings (SSSR count). The van der Waals surface area contributed by atoms with Crippen LogP contribution in [0, 0.1) is 0 Å². The lowest BCUT2D eigenvalue weighted by molar-refractivity contribution is -0.116. The van der Waals surface area contributed by atoms with Gasteiger partial charge in [-0.25, -0.2) is 0 Å². The Hall–Kier alpha value is -3.88. The van der Waals surface area contributed by atoms with Gasteiger partial charge in [-0.05, 0) is 79.4 Å². The van der Waals surface area contributed by atoms with Crippen molar-refractivity contribution in [2.75, 3.05) is 12.7 Å². The summed E-state index contributed by atoms with van der Waals surface area (Å²) in [5.41, 5.74) is 0.656. The van der Waals surface area contributed by atoms with E-state index >= 15 is 0 Å². The van der Waals surface area contributed by atoms with Gasteiger partial charge in [0.15, 0.2) is 11.5 Å². The van der Waals surface area contributed by atoms with Crippen molar-refractivity contribution >= 4 is 35.2 Å². The van der Waals surface area contributed by atoms with Gasteiger partial charge in [-0.15, -0.1) is 0 Å². The second kappa shape index (κ2) is 15.1. The number of carbonyl (C=O) groups is 1.